The molecule has 0 radical (unpaired) electrons. The fourth-order valence-electron chi connectivity index (χ4n) is 1.57. The third-order valence-electron chi connectivity index (χ3n) is 2.57. The van der Waals surface area contributed by atoms with Gasteiger partial charge in [0, 0.05) is 18.5 Å². The molecule has 102 valence electrons. The summed E-state index contributed by atoms with van der Waals surface area (Å²) in [5.41, 5.74) is 0.371. The Morgan fingerprint density at radius 3 is 2.67 bits per heavy atom. The van der Waals surface area contributed by atoms with Crippen molar-refractivity contribution in [2.75, 3.05) is 19.7 Å². The van der Waals surface area contributed by atoms with Crippen LogP contribution in [0.5, 0.6) is 0 Å². The third kappa shape index (κ3) is 4.39. The molecule has 0 aromatic rings. The van der Waals surface area contributed by atoms with E-state index in [-0.39, 0.29) is 12.2 Å². The van der Waals surface area contributed by atoms with Crippen LogP contribution in [0.4, 0.5) is 4.79 Å². The first kappa shape index (κ1) is 14.5. The van der Waals surface area contributed by atoms with Crippen molar-refractivity contribution >= 4 is 12.1 Å². The van der Waals surface area contributed by atoms with Crippen LogP contribution < -0.4 is 0 Å². The molecule has 1 aliphatic heterocycles. The van der Waals surface area contributed by atoms with Gasteiger partial charge in [0.25, 0.3) is 0 Å². The second kappa shape index (κ2) is 6.42. The molecule has 1 saturated heterocycles. The quantitative estimate of drug-likeness (QED) is 0.569. The maximum atomic E-state index is 11.7. The van der Waals surface area contributed by atoms with Gasteiger partial charge in [-0.2, -0.15) is 0 Å². The standard InChI is InChI=1S/C13H21NO4/c1-9(2)8-17-13(16)14-6-5-11(7-14)18-12(15)10(3)4/h9,11H,3,5-8H2,1-2,4H3. The molecule has 18 heavy (non-hydrogen) atoms. The smallest absolute Gasteiger partial charge is 0.409 e. The van der Waals surface area contributed by atoms with Crippen molar-refractivity contribution in [1.82, 2.24) is 4.90 Å². The van der Waals surface area contributed by atoms with Gasteiger partial charge in [0.1, 0.15) is 6.10 Å². The zero-order chi connectivity index (χ0) is 13.7. The van der Waals surface area contributed by atoms with Gasteiger partial charge in [-0.15, -0.1) is 0 Å². The number of ether oxygens (including phenoxy) is 2. The van der Waals surface area contributed by atoms with Gasteiger partial charge >= 0.3 is 12.1 Å². The minimum Gasteiger partial charge on any atom is -0.457 e. The highest BCUT2D eigenvalue weighted by molar-refractivity contribution is 5.87. The van der Waals surface area contributed by atoms with Crippen LogP contribution in [0.1, 0.15) is 27.2 Å². The molecule has 0 aliphatic carbocycles. The Balaban J connectivity index is 2.34. The van der Waals surface area contributed by atoms with E-state index in [1.165, 1.54) is 0 Å². The predicted molar refractivity (Wildman–Crippen MR) is 67.1 cm³/mol. The van der Waals surface area contributed by atoms with E-state index in [0.717, 1.165) is 0 Å². The van der Waals surface area contributed by atoms with E-state index in [1.54, 1.807) is 11.8 Å². The summed E-state index contributed by atoms with van der Waals surface area (Å²) in [7, 11) is 0. The minimum absolute atomic E-state index is 0.249. The van der Waals surface area contributed by atoms with Gasteiger partial charge in [-0.1, -0.05) is 20.4 Å². The first-order chi connectivity index (χ1) is 8.40. The zero-order valence-corrected chi connectivity index (χ0v) is 11.3. The van der Waals surface area contributed by atoms with Crippen LogP contribution in [0.25, 0.3) is 0 Å². The van der Waals surface area contributed by atoms with Gasteiger partial charge in [-0.25, -0.2) is 9.59 Å². The molecule has 0 saturated carbocycles. The van der Waals surface area contributed by atoms with Crippen LogP contribution >= 0.6 is 0 Å². The number of carbonyl (C=O) groups excluding carboxylic acids is 2. The molecular formula is C13H21NO4. The number of rotatable bonds is 4. The average Bonchev–Trinajstić information content (AvgIpc) is 2.74. The second-order valence-electron chi connectivity index (χ2n) is 5.01. The van der Waals surface area contributed by atoms with Gasteiger partial charge in [-0.3, -0.25) is 0 Å². The van der Waals surface area contributed by atoms with Crippen LogP contribution in [0.2, 0.25) is 0 Å². The number of carbonyl (C=O) groups is 2. The van der Waals surface area contributed by atoms with Crippen molar-refractivity contribution in [1.29, 1.82) is 0 Å². The molecule has 0 bridgehead atoms. The highest BCUT2D eigenvalue weighted by Gasteiger charge is 2.29. The monoisotopic (exact) mass is 255 g/mol. The highest BCUT2D eigenvalue weighted by Crippen LogP contribution is 2.15. The van der Waals surface area contributed by atoms with Crippen molar-refractivity contribution < 1.29 is 19.1 Å². The van der Waals surface area contributed by atoms with Crippen molar-refractivity contribution in [3.63, 3.8) is 0 Å². The fraction of sp³-hybridized carbons (Fsp3) is 0.692. The van der Waals surface area contributed by atoms with E-state index in [9.17, 15) is 9.59 Å². The summed E-state index contributed by atoms with van der Waals surface area (Å²) >= 11 is 0. The van der Waals surface area contributed by atoms with Crippen LogP contribution in [0, 0.1) is 5.92 Å². The largest absolute Gasteiger partial charge is 0.457 e. The first-order valence-electron chi connectivity index (χ1n) is 6.18. The summed E-state index contributed by atoms with van der Waals surface area (Å²) in [5, 5.41) is 0. The van der Waals surface area contributed by atoms with E-state index in [2.05, 4.69) is 6.58 Å². The summed E-state index contributed by atoms with van der Waals surface area (Å²) in [5.74, 6) is -0.0917. The molecule has 1 rings (SSSR count). The number of nitrogens with zero attached hydrogens (tertiary/aromatic N) is 1. The molecule has 1 atom stereocenters. The minimum atomic E-state index is -0.405. The summed E-state index contributed by atoms with van der Waals surface area (Å²) in [6.45, 7) is 10.5. The molecule has 0 aromatic carbocycles. The van der Waals surface area contributed by atoms with Gasteiger partial charge in [0.15, 0.2) is 0 Å². The lowest BCUT2D eigenvalue weighted by Gasteiger charge is -2.17. The fourth-order valence-corrected chi connectivity index (χ4v) is 1.57. The van der Waals surface area contributed by atoms with Crippen LogP contribution in [0.3, 0.4) is 0 Å². The molecule has 1 aliphatic rings. The topological polar surface area (TPSA) is 55.8 Å². The Kier molecular flexibility index (Phi) is 5.19. The Bertz CT molecular complexity index is 338. The third-order valence-corrected chi connectivity index (χ3v) is 2.57. The second-order valence-corrected chi connectivity index (χ2v) is 5.01. The van der Waals surface area contributed by atoms with Crippen molar-refractivity contribution in [2.24, 2.45) is 5.92 Å². The predicted octanol–water partition coefficient (Wildman–Crippen LogP) is 1.97. The lowest BCUT2D eigenvalue weighted by atomic mass is 10.2. The van der Waals surface area contributed by atoms with Crippen molar-refractivity contribution in [3.05, 3.63) is 12.2 Å². The molecule has 5 nitrogen and oxygen atoms in total. The van der Waals surface area contributed by atoms with E-state index < -0.39 is 5.97 Å². The Labute approximate surface area is 108 Å². The van der Waals surface area contributed by atoms with E-state index >= 15 is 0 Å². The van der Waals surface area contributed by atoms with Crippen LogP contribution in [-0.2, 0) is 14.3 Å². The lowest BCUT2D eigenvalue weighted by Crippen LogP contribution is -2.32. The van der Waals surface area contributed by atoms with E-state index in [1.807, 2.05) is 13.8 Å². The summed E-state index contributed by atoms with van der Waals surface area (Å²) in [4.78, 5) is 24.6. The van der Waals surface area contributed by atoms with Crippen LogP contribution in [0.15, 0.2) is 12.2 Å². The Morgan fingerprint density at radius 1 is 1.44 bits per heavy atom. The maximum absolute atomic E-state index is 11.7. The first-order valence-corrected chi connectivity index (χ1v) is 6.18. The lowest BCUT2D eigenvalue weighted by molar-refractivity contribution is -0.143. The van der Waals surface area contributed by atoms with Gasteiger partial charge in [-0.05, 0) is 12.8 Å². The molecular weight excluding hydrogens is 234 g/mol. The van der Waals surface area contributed by atoms with Crippen LogP contribution in [-0.4, -0.2) is 42.8 Å². The SMILES string of the molecule is C=C(C)C(=O)OC1CCN(C(=O)OCC(C)C)C1. The average molecular weight is 255 g/mol. The number of esters is 1. The number of likely N-dealkylation sites (tertiary alicyclic amines) is 1. The number of hydrogen-bond acceptors (Lipinski definition) is 4. The van der Waals surface area contributed by atoms with Crippen molar-refractivity contribution in [2.45, 2.75) is 33.3 Å². The number of hydrogen-bond donors (Lipinski definition) is 0. The van der Waals surface area contributed by atoms with Gasteiger partial charge in [0.05, 0.1) is 13.2 Å². The van der Waals surface area contributed by atoms with Gasteiger partial charge in [0.2, 0.25) is 0 Å². The van der Waals surface area contributed by atoms with E-state index in [4.69, 9.17) is 9.47 Å². The molecule has 0 spiro atoms. The molecule has 5 heteroatoms. The zero-order valence-electron chi connectivity index (χ0n) is 11.3. The normalized spacial score (nSPS) is 18.9. The molecule has 0 N–H and O–H groups in total. The molecule has 1 heterocycles. The summed E-state index contributed by atoms with van der Waals surface area (Å²) < 4.78 is 10.3. The van der Waals surface area contributed by atoms with Crippen molar-refractivity contribution in [3.8, 4) is 0 Å². The maximum Gasteiger partial charge on any atom is 0.409 e. The molecule has 1 unspecified atom stereocenters. The molecule has 1 fully saturated rings. The number of amides is 1. The Morgan fingerprint density at radius 2 is 2.11 bits per heavy atom. The molecule has 1 amide bonds. The summed E-state index contributed by atoms with van der Waals surface area (Å²) in [6.07, 6.45) is 0.0638. The highest BCUT2D eigenvalue weighted by atomic mass is 16.6. The summed E-state index contributed by atoms with van der Waals surface area (Å²) in [6, 6.07) is 0. The molecule has 0 aromatic heterocycles. The Hall–Kier alpha value is -1.52. The van der Waals surface area contributed by atoms with E-state index in [0.29, 0.717) is 37.6 Å². The van der Waals surface area contributed by atoms with Gasteiger partial charge < -0.3 is 14.4 Å².